The number of carbonyl (C=O) groups is 3. The maximum atomic E-state index is 13.1. The van der Waals surface area contributed by atoms with E-state index in [0.717, 1.165) is 37.0 Å². The predicted molar refractivity (Wildman–Crippen MR) is 133 cm³/mol. The maximum Gasteiger partial charge on any atom is 0.309 e. The Kier molecular flexibility index (Phi) is 8.41. The van der Waals surface area contributed by atoms with Gasteiger partial charge in [0.1, 0.15) is 6.10 Å². The predicted octanol–water partition coefficient (Wildman–Crippen LogP) is 4.36. The Balaban J connectivity index is 1.39. The second kappa shape index (κ2) is 11.4. The van der Waals surface area contributed by atoms with Crippen molar-refractivity contribution in [2.75, 3.05) is 21.0 Å². The molecular weight excluding hydrogens is 478 g/mol. The van der Waals surface area contributed by atoms with Crippen LogP contribution in [-0.2, 0) is 23.8 Å². The fourth-order valence-electron chi connectivity index (χ4n) is 7.39. The van der Waals surface area contributed by atoms with Gasteiger partial charge in [-0.25, -0.2) is 4.98 Å². The number of ketones is 1. The highest BCUT2D eigenvalue weighted by Crippen LogP contribution is 2.62. The van der Waals surface area contributed by atoms with Crippen LogP contribution in [0.2, 0.25) is 0 Å². The average Bonchev–Trinajstić information content (AvgIpc) is 2.83. The van der Waals surface area contributed by atoms with E-state index in [0.29, 0.717) is 0 Å². The van der Waals surface area contributed by atoms with E-state index >= 15 is 0 Å². The van der Waals surface area contributed by atoms with E-state index in [2.05, 4.69) is 4.98 Å². The van der Waals surface area contributed by atoms with E-state index < -0.39 is 36.5 Å². The first-order valence-electron chi connectivity index (χ1n) is 13.2. The van der Waals surface area contributed by atoms with Gasteiger partial charge in [0, 0.05) is 38.1 Å². The molecular formula is C28H39NO8. The summed E-state index contributed by atoms with van der Waals surface area (Å²) in [6.45, 7) is 4.43. The average molecular weight is 518 g/mol. The minimum atomic E-state index is -0.696. The van der Waals surface area contributed by atoms with Gasteiger partial charge in [-0.15, -0.1) is 0 Å². The van der Waals surface area contributed by atoms with E-state index in [4.69, 9.17) is 23.7 Å². The Morgan fingerprint density at radius 3 is 2.22 bits per heavy atom. The van der Waals surface area contributed by atoms with E-state index in [-0.39, 0.29) is 35.1 Å². The molecule has 0 saturated heterocycles. The van der Waals surface area contributed by atoms with Crippen molar-refractivity contribution in [3.05, 3.63) is 18.0 Å². The second-order valence-corrected chi connectivity index (χ2v) is 11.2. The third-order valence-corrected chi connectivity index (χ3v) is 8.38. The molecule has 4 saturated carbocycles. The van der Waals surface area contributed by atoms with Crippen molar-refractivity contribution in [2.24, 2.45) is 29.1 Å². The number of methoxy groups -OCH3 is 2. The number of hydrogen-bond donors (Lipinski definition) is 0. The monoisotopic (exact) mass is 517 g/mol. The highest BCUT2D eigenvalue weighted by atomic mass is 16.7. The van der Waals surface area contributed by atoms with Crippen LogP contribution in [0.3, 0.4) is 0 Å². The molecule has 5 rings (SSSR count). The van der Waals surface area contributed by atoms with E-state index in [1.54, 1.807) is 14.0 Å². The third kappa shape index (κ3) is 5.92. The van der Waals surface area contributed by atoms with Crippen LogP contribution < -0.4 is 9.47 Å². The molecule has 0 spiro atoms. The molecule has 0 N–H and O–H groups in total. The van der Waals surface area contributed by atoms with Crippen LogP contribution >= 0.6 is 0 Å². The summed E-state index contributed by atoms with van der Waals surface area (Å²) >= 11 is 0. The zero-order valence-corrected chi connectivity index (χ0v) is 22.5. The van der Waals surface area contributed by atoms with Crippen molar-refractivity contribution >= 4 is 17.7 Å². The molecule has 0 unspecified atom stereocenters. The summed E-state index contributed by atoms with van der Waals surface area (Å²) in [5.74, 6) is 0.542. The van der Waals surface area contributed by atoms with E-state index in [1.807, 2.05) is 6.92 Å². The highest BCUT2D eigenvalue weighted by Gasteiger charge is 2.56. The molecule has 0 radical (unpaired) electrons. The van der Waals surface area contributed by atoms with Gasteiger partial charge in [0.2, 0.25) is 6.79 Å². The summed E-state index contributed by atoms with van der Waals surface area (Å²) < 4.78 is 27.5. The van der Waals surface area contributed by atoms with Crippen LogP contribution in [0.25, 0.3) is 0 Å². The van der Waals surface area contributed by atoms with Crippen molar-refractivity contribution in [2.45, 2.75) is 77.9 Å². The molecule has 0 aromatic carbocycles. The summed E-state index contributed by atoms with van der Waals surface area (Å²) in [4.78, 5) is 41.4. The van der Waals surface area contributed by atoms with Crippen molar-refractivity contribution < 1.29 is 38.1 Å². The number of Topliss-reactive ketones (excluding diaryl/α,β-unsaturated/α-hetero) is 1. The van der Waals surface area contributed by atoms with Gasteiger partial charge in [-0.3, -0.25) is 14.4 Å². The number of carbonyl (C=O) groups excluding carboxylic acids is 3. The van der Waals surface area contributed by atoms with Crippen LogP contribution in [0.5, 0.6) is 11.5 Å². The van der Waals surface area contributed by atoms with Crippen LogP contribution in [0.15, 0.2) is 12.3 Å². The lowest BCUT2D eigenvalue weighted by Gasteiger charge is -2.59. The maximum absolute atomic E-state index is 13.1. The van der Waals surface area contributed by atoms with Gasteiger partial charge in [-0.2, -0.15) is 0 Å². The molecule has 4 aliphatic rings. The zero-order valence-electron chi connectivity index (χ0n) is 22.5. The molecule has 9 heteroatoms. The summed E-state index contributed by atoms with van der Waals surface area (Å²) in [5.41, 5.74) is 0.0727. The van der Waals surface area contributed by atoms with Gasteiger partial charge in [-0.1, -0.05) is 6.92 Å². The van der Waals surface area contributed by atoms with Crippen LogP contribution in [0.1, 0.15) is 76.2 Å². The standard InChI is InChI=1S/C28H39NO8/c1-16(8-22(31)24-25(36-15-35-18(3)30)23(33-4)6-7-29-24)27(32)37-17(2)26(34-5)28-12-19-9-20(13-28)11-21(10-19)14-28/h6-7,16-17,19-21,26H,8-15H2,1-5H3/t16-,17+,19?,20?,21?,26+,28?/m1/s1. The molecule has 9 nitrogen and oxygen atoms in total. The molecule has 0 amide bonds. The SMILES string of the molecule is COc1ccnc(C(=O)C[C@@H](C)C(=O)O[C@@H](C)[C@H](OC)C23CC4CC(CC(C4)C2)C3)c1OCOC(C)=O. The van der Waals surface area contributed by atoms with E-state index in [9.17, 15) is 14.4 Å². The first-order valence-corrected chi connectivity index (χ1v) is 13.2. The molecule has 1 aromatic heterocycles. The molecule has 4 aliphatic carbocycles. The molecule has 1 aromatic rings. The van der Waals surface area contributed by atoms with Gasteiger partial charge in [-0.05, 0) is 63.2 Å². The lowest BCUT2D eigenvalue weighted by Crippen LogP contribution is -2.55. The fourth-order valence-corrected chi connectivity index (χ4v) is 7.39. The molecule has 37 heavy (non-hydrogen) atoms. The Morgan fingerprint density at radius 2 is 1.68 bits per heavy atom. The largest absolute Gasteiger partial charge is 0.493 e. The summed E-state index contributed by atoms with van der Waals surface area (Å²) in [6, 6.07) is 1.54. The second-order valence-electron chi connectivity index (χ2n) is 11.2. The minimum absolute atomic E-state index is 0.00235. The van der Waals surface area contributed by atoms with Crippen molar-refractivity contribution in [1.82, 2.24) is 4.98 Å². The number of esters is 2. The Hall–Kier alpha value is -2.68. The summed E-state index contributed by atoms with van der Waals surface area (Å²) in [5, 5.41) is 0. The number of nitrogens with zero attached hydrogens (tertiary/aromatic N) is 1. The smallest absolute Gasteiger partial charge is 0.309 e. The zero-order chi connectivity index (χ0) is 26.7. The van der Waals surface area contributed by atoms with Crippen molar-refractivity contribution in [3.63, 3.8) is 0 Å². The van der Waals surface area contributed by atoms with Gasteiger partial charge in [0.25, 0.3) is 0 Å². The number of hydrogen-bond acceptors (Lipinski definition) is 9. The van der Waals surface area contributed by atoms with Gasteiger partial charge < -0.3 is 23.7 Å². The first kappa shape index (κ1) is 27.4. The molecule has 204 valence electrons. The van der Waals surface area contributed by atoms with Gasteiger partial charge in [0.15, 0.2) is 23.0 Å². The Morgan fingerprint density at radius 1 is 1.05 bits per heavy atom. The number of rotatable bonds is 12. The van der Waals surface area contributed by atoms with Gasteiger partial charge in [0.05, 0.1) is 19.1 Å². The lowest BCUT2D eigenvalue weighted by molar-refractivity contribution is -0.186. The van der Waals surface area contributed by atoms with Crippen LogP contribution in [0, 0.1) is 29.1 Å². The quantitative estimate of drug-likeness (QED) is 0.227. The first-order chi connectivity index (χ1) is 17.7. The highest BCUT2D eigenvalue weighted by molar-refractivity contribution is 5.99. The van der Waals surface area contributed by atoms with Crippen molar-refractivity contribution in [1.29, 1.82) is 0 Å². The molecule has 4 fully saturated rings. The molecule has 3 atom stereocenters. The van der Waals surface area contributed by atoms with E-state index in [1.165, 1.54) is 45.6 Å². The lowest BCUT2D eigenvalue weighted by atomic mass is 9.47. The summed E-state index contributed by atoms with van der Waals surface area (Å²) in [6.07, 6.45) is 8.14. The number of pyridine rings is 1. The molecule has 0 aliphatic heterocycles. The minimum Gasteiger partial charge on any atom is -0.493 e. The normalized spacial score (nSPS) is 28.2. The Labute approximate surface area is 218 Å². The number of aromatic nitrogens is 1. The van der Waals surface area contributed by atoms with Gasteiger partial charge >= 0.3 is 11.9 Å². The topological polar surface area (TPSA) is 110 Å². The van der Waals surface area contributed by atoms with Crippen LogP contribution in [-0.4, -0.2) is 55.9 Å². The Bertz CT molecular complexity index is 973. The third-order valence-electron chi connectivity index (χ3n) is 8.38. The summed E-state index contributed by atoms with van der Waals surface area (Å²) in [7, 11) is 3.14. The molecule has 4 bridgehead atoms. The van der Waals surface area contributed by atoms with Crippen molar-refractivity contribution in [3.8, 4) is 11.5 Å². The molecule has 1 heterocycles. The fraction of sp³-hybridized carbons (Fsp3) is 0.714. The number of ether oxygens (including phenoxy) is 5. The van der Waals surface area contributed by atoms with Crippen LogP contribution in [0.4, 0.5) is 0 Å².